The van der Waals surface area contributed by atoms with Crippen molar-refractivity contribution in [3.05, 3.63) is 12.4 Å². The van der Waals surface area contributed by atoms with Crippen LogP contribution >= 0.6 is 0 Å². The third-order valence-electron chi connectivity index (χ3n) is 3.85. The van der Waals surface area contributed by atoms with Crippen LogP contribution in [-0.2, 0) is 0 Å². The second-order valence-electron chi connectivity index (χ2n) is 5.63. The van der Waals surface area contributed by atoms with Crippen LogP contribution in [0.2, 0.25) is 0 Å². The Labute approximate surface area is 114 Å². The fourth-order valence-corrected chi connectivity index (χ4v) is 2.54. The van der Waals surface area contributed by atoms with Crippen LogP contribution in [0.15, 0.2) is 12.4 Å². The Balaban J connectivity index is 1.43. The molecule has 19 heavy (non-hydrogen) atoms. The molecule has 0 aromatic carbocycles. The van der Waals surface area contributed by atoms with Crippen LogP contribution in [0.3, 0.4) is 0 Å². The van der Waals surface area contributed by atoms with E-state index in [1.807, 2.05) is 6.07 Å². The Bertz CT molecular complexity index is 399. The summed E-state index contributed by atoms with van der Waals surface area (Å²) in [5.74, 6) is 2.69. The first-order valence-electron chi connectivity index (χ1n) is 7.43. The summed E-state index contributed by atoms with van der Waals surface area (Å²) in [5.41, 5.74) is 0. The van der Waals surface area contributed by atoms with E-state index in [0.717, 1.165) is 24.1 Å². The van der Waals surface area contributed by atoms with E-state index in [4.69, 9.17) is 0 Å². The second kappa shape index (κ2) is 6.19. The van der Waals surface area contributed by atoms with Crippen LogP contribution in [0, 0.1) is 5.92 Å². The lowest BCUT2D eigenvalue weighted by molar-refractivity contribution is 0.364. The van der Waals surface area contributed by atoms with Crippen LogP contribution in [-0.4, -0.2) is 35.6 Å². The first-order chi connectivity index (χ1) is 9.40. The van der Waals surface area contributed by atoms with Gasteiger partial charge in [-0.2, -0.15) is 0 Å². The molecule has 5 nitrogen and oxygen atoms in total. The number of anilines is 2. The van der Waals surface area contributed by atoms with Crippen LogP contribution in [0.4, 0.5) is 11.6 Å². The van der Waals surface area contributed by atoms with Gasteiger partial charge < -0.3 is 16.0 Å². The number of hydrogen-bond acceptors (Lipinski definition) is 5. The molecule has 5 heteroatoms. The van der Waals surface area contributed by atoms with Crippen LogP contribution in [0.25, 0.3) is 0 Å². The Morgan fingerprint density at radius 2 is 2.11 bits per heavy atom. The summed E-state index contributed by atoms with van der Waals surface area (Å²) in [5, 5.41) is 10.3. The average Bonchev–Trinajstić information content (AvgIpc) is 3.24. The van der Waals surface area contributed by atoms with Crippen molar-refractivity contribution in [1.82, 2.24) is 15.3 Å². The zero-order valence-electron chi connectivity index (χ0n) is 11.4. The van der Waals surface area contributed by atoms with Gasteiger partial charge in [-0.3, -0.25) is 0 Å². The topological polar surface area (TPSA) is 61.9 Å². The molecular weight excluding hydrogens is 238 g/mol. The molecular formula is C14H23N5. The molecule has 0 bridgehead atoms. The normalized spacial score (nSPS) is 23.1. The molecule has 2 fully saturated rings. The number of nitrogens with zero attached hydrogens (tertiary/aromatic N) is 2. The maximum Gasteiger partial charge on any atom is 0.131 e. The van der Waals surface area contributed by atoms with Crippen molar-refractivity contribution in [2.45, 2.75) is 38.1 Å². The third-order valence-corrected chi connectivity index (χ3v) is 3.85. The highest BCUT2D eigenvalue weighted by atomic mass is 15.1. The first-order valence-corrected chi connectivity index (χ1v) is 7.43. The zero-order valence-corrected chi connectivity index (χ0v) is 11.4. The Kier molecular flexibility index (Phi) is 4.13. The minimum absolute atomic E-state index is 0.635. The molecule has 0 radical (unpaired) electrons. The molecule has 2 heterocycles. The van der Waals surface area contributed by atoms with Crippen molar-refractivity contribution in [3.8, 4) is 0 Å². The maximum absolute atomic E-state index is 4.27. The Morgan fingerprint density at radius 1 is 1.21 bits per heavy atom. The molecule has 2 aliphatic rings. The van der Waals surface area contributed by atoms with Gasteiger partial charge in [0.1, 0.15) is 18.0 Å². The second-order valence-corrected chi connectivity index (χ2v) is 5.63. The first kappa shape index (κ1) is 12.7. The SMILES string of the molecule is c1nc(NCCC2CCCNC2)cc(NC2CC2)n1. The highest BCUT2D eigenvalue weighted by molar-refractivity contribution is 5.47. The molecule has 1 atom stereocenters. The smallest absolute Gasteiger partial charge is 0.131 e. The van der Waals surface area contributed by atoms with Crippen molar-refractivity contribution in [3.63, 3.8) is 0 Å². The van der Waals surface area contributed by atoms with Crippen molar-refractivity contribution in [1.29, 1.82) is 0 Å². The summed E-state index contributed by atoms with van der Waals surface area (Å²) in [6, 6.07) is 2.65. The third kappa shape index (κ3) is 4.06. The van der Waals surface area contributed by atoms with E-state index in [2.05, 4.69) is 25.9 Å². The number of rotatable bonds is 6. The lowest BCUT2D eigenvalue weighted by Gasteiger charge is -2.22. The monoisotopic (exact) mass is 261 g/mol. The zero-order chi connectivity index (χ0) is 12.9. The van der Waals surface area contributed by atoms with E-state index in [1.54, 1.807) is 6.33 Å². The standard InChI is InChI=1S/C14H23N5/c1-2-11(9-15-6-1)5-7-16-13-8-14(18-10-17-13)19-12-3-4-12/h8,10-12,15H,1-7,9H2,(H2,16,17,18,19). The van der Waals surface area contributed by atoms with E-state index in [9.17, 15) is 0 Å². The minimum Gasteiger partial charge on any atom is -0.370 e. The van der Waals surface area contributed by atoms with Gasteiger partial charge >= 0.3 is 0 Å². The molecule has 0 spiro atoms. The van der Waals surface area contributed by atoms with E-state index >= 15 is 0 Å². The Hall–Kier alpha value is -1.36. The summed E-state index contributed by atoms with van der Waals surface area (Å²) in [6.07, 6.45) is 8.04. The number of hydrogen-bond donors (Lipinski definition) is 3. The van der Waals surface area contributed by atoms with Gasteiger partial charge in [-0.05, 0) is 51.1 Å². The lowest BCUT2D eigenvalue weighted by atomic mass is 9.96. The van der Waals surface area contributed by atoms with Crippen molar-refractivity contribution < 1.29 is 0 Å². The van der Waals surface area contributed by atoms with Crippen LogP contribution < -0.4 is 16.0 Å². The summed E-state index contributed by atoms with van der Waals surface area (Å²) in [6.45, 7) is 3.35. The molecule has 1 aliphatic heterocycles. The van der Waals surface area contributed by atoms with Gasteiger partial charge in [0.15, 0.2) is 0 Å². The quantitative estimate of drug-likeness (QED) is 0.729. The van der Waals surface area contributed by atoms with E-state index < -0.39 is 0 Å². The van der Waals surface area contributed by atoms with Gasteiger partial charge in [0, 0.05) is 18.7 Å². The highest BCUT2D eigenvalue weighted by Crippen LogP contribution is 2.24. The van der Waals surface area contributed by atoms with Gasteiger partial charge in [0.05, 0.1) is 0 Å². The number of aromatic nitrogens is 2. The molecule has 3 N–H and O–H groups in total. The van der Waals surface area contributed by atoms with Gasteiger partial charge in [-0.1, -0.05) is 0 Å². The van der Waals surface area contributed by atoms with E-state index in [-0.39, 0.29) is 0 Å². The predicted octanol–water partition coefficient (Wildman–Crippen LogP) is 1.85. The van der Waals surface area contributed by atoms with Crippen molar-refractivity contribution in [2.24, 2.45) is 5.92 Å². The van der Waals surface area contributed by atoms with Crippen LogP contribution in [0.1, 0.15) is 32.1 Å². The summed E-state index contributed by atoms with van der Waals surface area (Å²) in [4.78, 5) is 8.52. The molecule has 1 saturated heterocycles. The van der Waals surface area contributed by atoms with Gasteiger partial charge in [0.2, 0.25) is 0 Å². The maximum atomic E-state index is 4.27. The van der Waals surface area contributed by atoms with E-state index in [0.29, 0.717) is 6.04 Å². The fraction of sp³-hybridized carbons (Fsp3) is 0.714. The Morgan fingerprint density at radius 3 is 2.89 bits per heavy atom. The molecule has 0 amide bonds. The van der Waals surface area contributed by atoms with E-state index in [1.165, 1.54) is 45.2 Å². The molecule has 1 saturated carbocycles. The molecule has 1 unspecified atom stereocenters. The average molecular weight is 261 g/mol. The van der Waals surface area contributed by atoms with Gasteiger partial charge in [-0.15, -0.1) is 0 Å². The molecule has 1 aliphatic carbocycles. The summed E-state index contributed by atoms with van der Waals surface area (Å²) < 4.78 is 0. The lowest BCUT2D eigenvalue weighted by Crippen LogP contribution is -2.30. The summed E-state index contributed by atoms with van der Waals surface area (Å²) in [7, 11) is 0. The van der Waals surface area contributed by atoms with Crippen LogP contribution in [0.5, 0.6) is 0 Å². The van der Waals surface area contributed by atoms with Gasteiger partial charge in [0.25, 0.3) is 0 Å². The molecule has 1 aromatic heterocycles. The van der Waals surface area contributed by atoms with Crippen molar-refractivity contribution in [2.75, 3.05) is 30.3 Å². The largest absolute Gasteiger partial charge is 0.370 e. The minimum atomic E-state index is 0.635. The fourth-order valence-electron chi connectivity index (χ4n) is 2.54. The predicted molar refractivity (Wildman–Crippen MR) is 77.4 cm³/mol. The number of nitrogens with one attached hydrogen (secondary N) is 3. The molecule has 104 valence electrons. The molecule has 1 aromatic rings. The van der Waals surface area contributed by atoms with Crippen molar-refractivity contribution >= 4 is 11.6 Å². The van der Waals surface area contributed by atoms with Gasteiger partial charge in [-0.25, -0.2) is 9.97 Å². The highest BCUT2D eigenvalue weighted by Gasteiger charge is 2.21. The summed E-state index contributed by atoms with van der Waals surface area (Å²) >= 11 is 0. The number of piperidine rings is 1. The molecule has 3 rings (SSSR count).